The Bertz CT molecular complexity index is 626. The number of imidazole rings is 2. The van der Waals surface area contributed by atoms with E-state index in [9.17, 15) is 0 Å². The van der Waals surface area contributed by atoms with Gasteiger partial charge in [0.1, 0.15) is 23.5 Å². The normalized spacial score (nSPS) is 12.7. The maximum absolute atomic E-state index is 5.52. The fourth-order valence-electron chi connectivity index (χ4n) is 2.20. The Kier molecular flexibility index (Phi) is 3.64. The lowest BCUT2D eigenvalue weighted by atomic mass is 10.2. The highest BCUT2D eigenvalue weighted by atomic mass is 16.3. The second-order valence-electron chi connectivity index (χ2n) is 4.58. The molecule has 0 aliphatic carbocycles. The number of hydrogen-bond acceptors (Lipinski definition) is 4. The van der Waals surface area contributed by atoms with Gasteiger partial charge in [0.2, 0.25) is 0 Å². The lowest BCUT2D eigenvalue weighted by Gasteiger charge is -2.16. The van der Waals surface area contributed by atoms with Crippen molar-refractivity contribution in [3.05, 3.63) is 60.6 Å². The van der Waals surface area contributed by atoms with Gasteiger partial charge in [-0.25, -0.2) is 9.97 Å². The SMILES string of the molecule is Cn1ccnc1C(NCCc1ncc[nH]1)c1ccco1. The molecule has 6 nitrogen and oxygen atoms in total. The van der Waals surface area contributed by atoms with Crippen molar-refractivity contribution in [3.63, 3.8) is 0 Å². The quantitative estimate of drug-likeness (QED) is 0.715. The third kappa shape index (κ3) is 2.65. The van der Waals surface area contributed by atoms with Crippen LogP contribution >= 0.6 is 0 Å². The van der Waals surface area contributed by atoms with Crippen LogP contribution in [0.1, 0.15) is 23.5 Å². The topological polar surface area (TPSA) is 71.7 Å². The van der Waals surface area contributed by atoms with E-state index in [0.29, 0.717) is 0 Å². The fourth-order valence-corrected chi connectivity index (χ4v) is 2.20. The second kappa shape index (κ2) is 5.75. The van der Waals surface area contributed by atoms with Crippen LogP contribution in [-0.2, 0) is 13.5 Å². The maximum Gasteiger partial charge on any atom is 0.133 e. The number of aromatic nitrogens is 4. The average Bonchev–Trinajstić information content (AvgIpc) is 3.18. The molecule has 6 heteroatoms. The van der Waals surface area contributed by atoms with Gasteiger partial charge in [-0.3, -0.25) is 0 Å². The van der Waals surface area contributed by atoms with E-state index in [0.717, 1.165) is 30.4 Å². The summed E-state index contributed by atoms with van der Waals surface area (Å²) in [5.41, 5.74) is 0. The van der Waals surface area contributed by atoms with Gasteiger partial charge in [0, 0.05) is 44.8 Å². The summed E-state index contributed by atoms with van der Waals surface area (Å²) in [5, 5.41) is 3.47. The van der Waals surface area contributed by atoms with Gasteiger partial charge < -0.3 is 19.3 Å². The van der Waals surface area contributed by atoms with E-state index in [1.807, 2.05) is 36.1 Å². The van der Waals surface area contributed by atoms with Crippen LogP contribution in [0.2, 0.25) is 0 Å². The first-order valence-electron chi connectivity index (χ1n) is 6.57. The van der Waals surface area contributed by atoms with E-state index in [1.54, 1.807) is 18.7 Å². The first kappa shape index (κ1) is 12.7. The molecule has 20 heavy (non-hydrogen) atoms. The summed E-state index contributed by atoms with van der Waals surface area (Å²) in [6.07, 6.45) is 9.82. The molecule has 0 aromatic carbocycles. The second-order valence-corrected chi connectivity index (χ2v) is 4.58. The molecule has 0 aliphatic heterocycles. The van der Waals surface area contributed by atoms with Crippen LogP contribution in [0.5, 0.6) is 0 Å². The van der Waals surface area contributed by atoms with Crippen molar-refractivity contribution in [2.75, 3.05) is 6.54 Å². The minimum absolute atomic E-state index is 0.0556. The van der Waals surface area contributed by atoms with Gasteiger partial charge in [-0.15, -0.1) is 0 Å². The number of nitrogens with zero attached hydrogens (tertiary/aromatic N) is 3. The molecule has 3 rings (SSSR count). The molecular weight excluding hydrogens is 254 g/mol. The van der Waals surface area contributed by atoms with Crippen molar-refractivity contribution in [1.29, 1.82) is 0 Å². The Morgan fingerprint density at radius 1 is 1.40 bits per heavy atom. The third-order valence-corrected chi connectivity index (χ3v) is 3.21. The molecular formula is C14H17N5O. The molecule has 0 saturated heterocycles. The molecule has 1 unspecified atom stereocenters. The number of furan rings is 1. The molecule has 0 radical (unpaired) electrons. The Balaban J connectivity index is 1.72. The predicted octanol–water partition coefficient (Wildman–Crippen LogP) is 1.66. The summed E-state index contributed by atoms with van der Waals surface area (Å²) in [6.45, 7) is 0.783. The fraction of sp³-hybridized carbons (Fsp3) is 0.286. The Morgan fingerprint density at radius 3 is 3.00 bits per heavy atom. The van der Waals surface area contributed by atoms with Crippen LogP contribution in [0.4, 0.5) is 0 Å². The van der Waals surface area contributed by atoms with Gasteiger partial charge in [0.15, 0.2) is 0 Å². The zero-order chi connectivity index (χ0) is 13.8. The van der Waals surface area contributed by atoms with Gasteiger partial charge in [0.25, 0.3) is 0 Å². The monoisotopic (exact) mass is 271 g/mol. The molecule has 0 amide bonds. The number of aryl methyl sites for hydroxylation is 1. The van der Waals surface area contributed by atoms with Crippen LogP contribution in [0.3, 0.4) is 0 Å². The van der Waals surface area contributed by atoms with Crippen LogP contribution in [0.25, 0.3) is 0 Å². The van der Waals surface area contributed by atoms with Crippen LogP contribution < -0.4 is 5.32 Å². The van der Waals surface area contributed by atoms with Gasteiger partial charge in [-0.05, 0) is 12.1 Å². The number of rotatable bonds is 6. The van der Waals surface area contributed by atoms with Crippen molar-refractivity contribution >= 4 is 0 Å². The highest BCUT2D eigenvalue weighted by molar-refractivity contribution is 5.15. The molecule has 3 heterocycles. The summed E-state index contributed by atoms with van der Waals surface area (Å²) in [6, 6.07) is 3.79. The molecule has 3 aromatic heterocycles. The lowest BCUT2D eigenvalue weighted by molar-refractivity contribution is 0.431. The third-order valence-electron chi connectivity index (χ3n) is 3.21. The molecule has 0 fully saturated rings. The molecule has 104 valence electrons. The minimum atomic E-state index is -0.0556. The van der Waals surface area contributed by atoms with Gasteiger partial charge in [-0.1, -0.05) is 0 Å². The van der Waals surface area contributed by atoms with Gasteiger partial charge in [-0.2, -0.15) is 0 Å². The van der Waals surface area contributed by atoms with Gasteiger partial charge in [0.05, 0.1) is 6.26 Å². The summed E-state index contributed by atoms with van der Waals surface area (Å²) >= 11 is 0. The Morgan fingerprint density at radius 2 is 2.35 bits per heavy atom. The summed E-state index contributed by atoms with van der Waals surface area (Å²) in [5.74, 6) is 2.76. The Hall–Kier alpha value is -2.34. The number of H-pyrrole nitrogens is 1. The first-order valence-corrected chi connectivity index (χ1v) is 6.57. The molecule has 0 spiro atoms. The average molecular weight is 271 g/mol. The zero-order valence-electron chi connectivity index (χ0n) is 11.3. The summed E-state index contributed by atoms with van der Waals surface area (Å²) < 4.78 is 7.52. The van der Waals surface area contributed by atoms with E-state index in [-0.39, 0.29) is 6.04 Å². The number of nitrogens with one attached hydrogen (secondary N) is 2. The Labute approximate surface area is 116 Å². The first-order chi connectivity index (χ1) is 9.84. The van der Waals surface area contributed by atoms with Crippen molar-refractivity contribution in [3.8, 4) is 0 Å². The summed E-state index contributed by atoms with van der Waals surface area (Å²) in [7, 11) is 1.98. The standard InChI is InChI=1S/C14H17N5O/c1-19-9-8-18-14(19)13(11-3-2-10-20-11)17-5-4-12-15-6-7-16-12/h2-3,6-10,13,17H,4-5H2,1H3,(H,15,16). The molecule has 0 aliphatic rings. The summed E-state index contributed by atoms with van der Waals surface area (Å²) in [4.78, 5) is 11.7. The van der Waals surface area contributed by atoms with E-state index in [2.05, 4.69) is 20.3 Å². The number of aromatic amines is 1. The lowest BCUT2D eigenvalue weighted by Crippen LogP contribution is -2.27. The van der Waals surface area contributed by atoms with Crippen LogP contribution in [0, 0.1) is 0 Å². The van der Waals surface area contributed by atoms with Gasteiger partial charge >= 0.3 is 0 Å². The van der Waals surface area contributed by atoms with E-state index >= 15 is 0 Å². The predicted molar refractivity (Wildman–Crippen MR) is 74.1 cm³/mol. The minimum Gasteiger partial charge on any atom is -0.467 e. The van der Waals surface area contributed by atoms with Crippen molar-refractivity contribution < 1.29 is 4.42 Å². The van der Waals surface area contributed by atoms with E-state index in [1.165, 1.54) is 0 Å². The van der Waals surface area contributed by atoms with Crippen LogP contribution in [0.15, 0.2) is 47.6 Å². The largest absolute Gasteiger partial charge is 0.467 e. The molecule has 1 atom stereocenters. The maximum atomic E-state index is 5.52. The smallest absolute Gasteiger partial charge is 0.133 e. The van der Waals surface area contributed by atoms with E-state index in [4.69, 9.17) is 4.42 Å². The zero-order valence-corrected chi connectivity index (χ0v) is 11.3. The molecule has 0 bridgehead atoms. The van der Waals surface area contributed by atoms with E-state index < -0.39 is 0 Å². The van der Waals surface area contributed by atoms with Crippen molar-refractivity contribution in [1.82, 2.24) is 24.8 Å². The molecule has 0 saturated carbocycles. The van der Waals surface area contributed by atoms with Crippen molar-refractivity contribution in [2.45, 2.75) is 12.5 Å². The van der Waals surface area contributed by atoms with Crippen LogP contribution in [-0.4, -0.2) is 26.1 Å². The molecule has 2 N–H and O–H groups in total. The number of hydrogen-bond donors (Lipinski definition) is 2. The highest BCUT2D eigenvalue weighted by Crippen LogP contribution is 2.20. The highest BCUT2D eigenvalue weighted by Gasteiger charge is 2.20. The molecule has 3 aromatic rings. The van der Waals surface area contributed by atoms with Crippen molar-refractivity contribution in [2.24, 2.45) is 7.05 Å².